The van der Waals surface area contributed by atoms with E-state index in [2.05, 4.69) is 41.8 Å². The Morgan fingerprint density at radius 2 is 1.89 bits per heavy atom. The number of hydrogen-bond acceptors (Lipinski definition) is 2. The molecule has 0 fully saturated rings. The van der Waals surface area contributed by atoms with Gasteiger partial charge in [-0.25, -0.2) is 4.68 Å². The molecule has 102 valence electrons. The van der Waals surface area contributed by atoms with Crippen LogP contribution < -0.4 is 10.3 Å². The van der Waals surface area contributed by atoms with E-state index in [0.29, 0.717) is 15.9 Å². The molecule has 0 aliphatic rings. The second-order valence-electron chi connectivity index (χ2n) is 5.36. The van der Waals surface area contributed by atoms with E-state index in [1.54, 1.807) is 7.11 Å². The van der Waals surface area contributed by atoms with Gasteiger partial charge in [-0.15, -0.1) is 0 Å². The predicted octanol–water partition coefficient (Wildman–Crippen LogP) is 3.23. The maximum Gasteiger partial charge on any atom is 0.285 e. The van der Waals surface area contributed by atoms with E-state index < -0.39 is 0 Å². The molecule has 0 unspecified atom stereocenters. The molecule has 19 heavy (non-hydrogen) atoms. The molecule has 0 aliphatic heterocycles. The molecule has 0 amide bonds. The second kappa shape index (κ2) is 4.89. The quantitative estimate of drug-likeness (QED) is 0.921. The molecule has 5 heteroatoms. The number of nitrogens with zero attached hydrogens (tertiary/aromatic N) is 1. The molecule has 1 aromatic heterocycles. The number of aromatic amines is 1. The van der Waals surface area contributed by atoms with Crippen LogP contribution in [0.5, 0.6) is 5.75 Å². The molecule has 0 spiro atoms. The van der Waals surface area contributed by atoms with Crippen LogP contribution in [0.2, 0.25) is 0 Å². The van der Waals surface area contributed by atoms with Gasteiger partial charge >= 0.3 is 0 Å². The lowest BCUT2D eigenvalue weighted by Crippen LogP contribution is -2.15. The zero-order valence-corrected chi connectivity index (χ0v) is 13.0. The molecule has 0 atom stereocenters. The fourth-order valence-electron chi connectivity index (χ4n) is 1.90. The SMILES string of the molecule is COc1ccccc1-n1[nH]c(C(C)(C)C)c(Br)c1=O. The number of methoxy groups -OCH3 is 1. The van der Waals surface area contributed by atoms with Gasteiger partial charge in [-0.1, -0.05) is 32.9 Å². The van der Waals surface area contributed by atoms with Crippen molar-refractivity contribution in [1.29, 1.82) is 0 Å². The molecule has 0 saturated carbocycles. The highest BCUT2D eigenvalue weighted by Crippen LogP contribution is 2.28. The summed E-state index contributed by atoms with van der Waals surface area (Å²) in [7, 11) is 1.59. The normalized spacial score (nSPS) is 11.6. The minimum absolute atomic E-state index is 0.116. The summed E-state index contributed by atoms with van der Waals surface area (Å²) < 4.78 is 7.36. The van der Waals surface area contributed by atoms with Gasteiger partial charge in [0.25, 0.3) is 5.56 Å². The Kier molecular flexibility index (Phi) is 3.58. The number of nitrogens with one attached hydrogen (secondary N) is 1. The van der Waals surface area contributed by atoms with Crippen LogP contribution in [0, 0.1) is 0 Å². The number of rotatable bonds is 2. The highest BCUT2D eigenvalue weighted by Gasteiger charge is 2.24. The molecule has 0 radical (unpaired) electrons. The summed E-state index contributed by atoms with van der Waals surface area (Å²) >= 11 is 3.38. The van der Waals surface area contributed by atoms with E-state index in [-0.39, 0.29) is 11.0 Å². The highest BCUT2D eigenvalue weighted by molar-refractivity contribution is 9.10. The zero-order valence-electron chi connectivity index (χ0n) is 11.5. The number of hydrogen-bond donors (Lipinski definition) is 1. The van der Waals surface area contributed by atoms with Crippen molar-refractivity contribution in [3.8, 4) is 11.4 Å². The van der Waals surface area contributed by atoms with Gasteiger partial charge in [-0.3, -0.25) is 9.89 Å². The van der Waals surface area contributed by atoms with Crippen LogP contribution in [0.15, 0.2) is 33.5 Å². The first kappa shape index (κ1) is 13.9. The molecule has 1 aromatic carbocycles. The van der Waals surface area contributed by atoms with Crippen molar-refractivity contribution in [2.24, 2.45) is 0 Å². The second-order valence-corrected chi connectivity index (χ2v) is 6.16. The van der Waals surface area contributed by atoms with Crippen LogP contribution in [-0.4, -0.2) is 16.9 Å². The lowest BCUT2D eigenvalue weighted by Gasteiger charge is -2.16. The van der Waals surface area contributed by atoms with Crippen LogP contribution in [0.4, 0.5) is 0 Å². The Morgan fingerprint density at radius 1 is 1.26 bits per heavy atom. The fourth-order valence-corrected chi connectivity index (χ4v) is 2.76. The lowest BCUT2D eigenvalue weighted by molar-refractivity contribution is 0.411. The van der Waals surface area contributed by atoms with Crippen molar-refractivity contribution in [3.05, 3.63) is 44.8 Å². The summed E-state index contributed by atoms with van der Waals surface area (Å²) in [5, 5.41) is 3.16. The first-order valence-corrected chi connectivity index (χ1v) is 6.80. The van der Waals surface area contributed by atoms with Gasteiger partial charge in [0.15, 0.2) is 0 Å². The summed E-state index contributed by atoms with van der Waals surface area (Å²) in [6.45, 7) is 6.15. The van der Waals surface area contributed by atoms with E-state index in [4.69, 9.17) is 4.74 Å². The van der Waals surface area contributed by atoms with Crippen molar-refractivity contribution >= 4 is 15.9 Å². The minimum Gasteiger partial charge on any atom is -0.494 e. The van der Waals surface area contributed by atoms with Crippen molar-refractivity contribution in [2.75, 3.05) is 7.11 Å². The van der Waals surface area contributed by atoms with Crippen molar-refractivity contribution in [2.45, 2.75) is 26.2 Å². The average Bonchev–Trinajstić information content (AvgIpc) is 2.66. The van der Waals surface area contributed by atoms with E-state index in [0.717, 1.165) is 5.69 Å². The third kappa shape index (κ3) is 2.47. The number of para-hydroxylation sites is 2. The van der Waals surface area contributed by atoms with Gasteiger partial charge in [-0.05, 0) is 28.1 Å². The first-order chi connectivity index (χ1) is 8.86. The molecule has 1 N–H and O–H groups in total. The van der Waals surface area contributed by atoms with E-state index in [1.165, 1.54) is 4.68 Å². The van der Waals surface area contributed by atoms with Crippen LogP contribution in [-0.2, 0) is 5.41 Å². The third-order valence-electron chi connectivity index (χ3n) is 2.91. The van der Waals surface area contributed by atoms with Gasteiger partial charge in [0.05, 0.1) is 12.8 Å². The molecular weight excluding hydrogens is 308 g/mol. The zero-order chi connectivity index (χ0) is 14.2. The Hall–Kier alpha value is -1.49. The predicted molar refractivity (Wildman–Crippen MR) is 79.3 cm³/mol. The largest absolute Gasteiger partial charge is 0.494 e. The standard InChI is InChI=1S/C14H17BrN2O2/c1-14(2,3)12-11(15)13(18)17(16-12)9-7-5-6-8-10(9)19-4/h5-8,16H,1-4H3. The molecule has 0 bridgehead atoms. The molecular formula is C14H17BrN2O2. The molecule has 4 nitrogen and oxygen atoms in total. The number of benzene rings is 1. The average molecular weight is 325 g/mol. The maximum absolute atomic E-state index is 12.3. The third-order valence-corrected chi connectivity index (χ3v) is 3.65. The fraction of sp³-hybridized carbons (Fsp3) is 0.357. The molecule has 2 aromatic rings. The van der Waals surface area contributed by atoms with Gasteiger partial charge in [-0.2, -0.15) is 0 Å². The highest BCUT2D eigenvalue weighted by atomic mass is 79.9. The van der Waals surface area contributed by atoms with Gasteiger partial charge in [0.1, 0.15) is 15.9 Å². The number of halogens is 1. The van der Waals surface area contributed by atoms with E-state index in [1.807, 2.05) is 24.3 Å². The number of ether oxygens (including phenoxy) is 1. The van der Waals surface area contributed by atoms with E-state index >= 15 is 0 Å². The first-order valence-electron chi connectivity index (χ1n) is 6.00. The Labute approximate surface area is 120 Å². The van der Waals surface area contributed by atoms with Crippen LogP contribution >= 0.6 is 15.9 Å². The van der Waals surface area contributed by atoms with Crippen LogP contribution in [0.1, 0.15) is 26.5 Å². The maximum atomic E-state index is 12.3. The van der Waals surface area contributed by atoms with Gasteiger partial charge < -0.3 is 4.74 Å². The molecule has 0 aliphatic carbocycles. The van der Waals surface area contributed by atoms with Gasteiger partial charge in [0, 0.05) is 5.41 Å². The van der Waals surface area contributed by atoms with E-state index in [9.17, 15) is 4.79 Å². The van der Waals surface area contributed by atoms with Crippen LogP contribution in [0.25, 0.3) is 5.69 Å². The van der Waals surface area contributed by atoms with Gasteiger partial charge in [0.2, 0.25) is 0 Å². The van der Waals surface area contributed by atoms with Crippen molar-refractivity contribution in [1.82, 2.24) is 9.78 Å². The monoisotopic (exact) mass is 324 g/mol. The molecule has 0 saturated heterocycles. The Balaban J connectivity index is 2.68. The summed E-state index contributed by atoms with van der Waals surface area (Å²) in [6.07, 6.45) is 0. The summed E-state index contributed by atoms with van der Waals surface area (Å²) in [6, 6.07) is 7.41. The van der Waals surface area contributed by atoms with Crippen molar-refractivity contribution < 1.29 is 4.74 Å². The summed E-state index contributed by atoms with van der Waals surface area (Å²) in [4.78, 5) is 12.3. The minimum atomic E-state index is -0.148. The molecule has 2 rings (SSSR count). The summed E-state index contributed by atoms with van der Waals surface area (Å²) in [5.41, 5.74) is 1.30. The topological polar surface area (TPSA) is 47.0 Å². The van der Waals surface area contributed by atoms with Crippen LogP contribution in [0.3, 0.4) is 0 Å². The smallest absolute Gasteiger partial charge is 0.285 e. The number of H-pyrrole nitrogens is 1. The Bertz CT molecular complexity index is 650. The van der Waals surface area contributed by atoms with Crippen molar-refractivity contribution in [3.63, 3.8) is 0 Å². The Morgan fingerprint density at radius 3 is 2.42 bits per heavy atom. The summed E-state index contributed by atoms with van der Waals surface area (Å²) in [5.74, 6) is 0.652. The lowest BCUT2D eigenvalue weighted by atomic mass is 9.93. The number of aromatic nitrogens is 2. The molecule has 1 heterocycles.